The molecule has 0 saturated carbocycles. The number of carbonyl (C=O) groups is 2. The monoisotopic (exact) mass is 377 g/mol. The third-order valence-corrected chi connectivity index (χ3v) is 4.94. The first-order valence-electron chi connectivity index (χ1n) is 8.44. The lowest BCUT2D eigenvalue weighted by molar-refractivity contribution is -0.126. The lowest BCUT2D eigenvalue weighted by Gasteiger charge is -2.11. The molecule has 0 unspecified atom stereocenters. The Hall–Kier alpha value is -3.18. The number of rotatable bonds is 3. The minimum Gasteiger partial charge on any atom is -0.331 e. The normalized spacial score (nSPS) is 12.7. The van der Waals surface area contributed by atoms with Crippen LogP contribution in [-0.2, 0) is 17.9 Å². The fourth-order valence-electron chi connectivity index (χ4n) is 3.20. The summed E-state index contributed by atoms with van der Waals surface area (Å²) in [5, 5.41) is 4.17. The van der Waals surface area contributed by atoms with Crippen molar-refractivity contribution < 1.29 is 9.59 Å². The summed E-state index contributed by atoms with van der Waals surface area (Å²) in [5.74, 6) is -0.364. The summed E-state index contributed by atoms with van der Waals surface area (Å²) in [7, 11) is 0. The molecule has 1 aromatic heterocycles. The van der Waals surface area contributed by atoms with Crippen molar-refractivity contribution >= 4 is 40.0 Å². The molecular weight excluding hydrogens is 362 g/mol. The predicted octanol–water partition coefficient (Wildman–Crippen LogP) is 4.17. The van der Waals surface area contributed by atoms with Crippen LogP contribution < -0.4 is 5.32 Å². The van der Waals surface area contributed by atoms with Crippen molar-refractivity contribution in [1.82, 2.24) is 9.88 Å². The molecule has 0 aliphatic carbocycles. The molecule has 0 fully saturated rings. The molecule has 1 N–H and O–H groups in total. The zero-order valence-electron chi connectivity index (χ0n) is 14.4. The van der Waals surface area contributed by atoms with Gasteiger partial charge in [0.15, 0.2) is 0 Å². The van der Waals surface area contributed by atoms with E-state index < -0.39 is 0 Å². The molecule has 0 radical (unpaired) electrons. The Balaban J connectivity index is 1.55. The van der Waals surface area contributed by atoms with Gasteiger partial charge < -0.3 is 10.2 Å². The van der Waals surface area contributed by atoms with Gasteiger partial charge >= 0.3 is 0 Å². The first-order chi connectivity index (χ1) is 13.0. The third kappa shape index (κ3) is 3.29. The predicted molar refractivity (Wildman–Crippen MR) is 106 cm³/mol. The molecule has 5 nitrogen and oxygen atoms in total. The van der Waals surface area contributed by atoms with E-state index in [1.165, 1.54) is 12.3 Å². The van der Waals surface area contributed by atoms with Crippen LogP contribution in [-0.4, -0.2) is 21.7 Å². The number of anilines is 1. The van der Waals surface area contributed by atoms with Crippen LogP contribution in [0.2, 0.25) is 5.02 Å². The Morgan fingerprint density at radius 3 is 2.78 bits per heavy atom. The molecule has 1 aliphatic heterocycles. The summed E-state index contributed by atoms with van der Waals surface area (Å²) in [6.45, 7) is 4.59. The van der Waals surface area contributed by atoms with E-state index in [0.717, 1.165) is 22.0 Å². The summed E-state index contributed by atoms with van der Waals surface area (Å²) in [4.78, 5) is 30.4. The quantitative estimate of drug-likeness (QED) is 0.697. The van der Waals surface area contributed by atoms with Crippen LogP contribution in [0.25, 0.3) is 10.9 Å². The molecule has 27 heavy (non-hydrogen) atoms. The maximum atomic E-state index is 12.6. The second-order valence-electron chi connectivity index (χ2n) is 6.37. The molecule has 3 aromatic rings. The van der Waals surface area contributed by atoms with E-state index >= 15 is 0 Å². The van der Waals surface area contributed by atoms with Gasteiger partial charge in [0.1, 0.15) is 0 Å². The average Bonchev–Trinajstić information content (AvgIpc) is 3.11. The highest BCUT2D eigenvalue weighted by Crippen LogP contribution is 2.27. The maximum absolute atomic E-state index is 12.6. The van der Waals surface area contributed by atoms with E-state index in [1.54, 1.807) is 17.0 Å². The van der Waals surface area contributed by atoms with Gasteiger partial charge in [0.25, 0.3) is 5.91 Å². The number of carbonyl (C=O) groups excluding carboxylic acids is 2. The number of amides is 2. The number of fused-ring (bicyclic) bond motifs is 2. The van der Waals surface area contributed by atoms with Gasteiger partial charge in [-0.3, -0.25) is 14.6 Å². The van der Waals surface area contributed by atoms with E-state index in [-0.39, 0.29) is 11.8 Å². The number of nitrogens with one attached hydrogen (secondary N) is 1. The molecule has 4 rings (SSSR count). The van der Waals surface area contributed by atoms with Crippen LogP contribution in [0.15, 0.2) is 61.3 Å². The van der Waals surface area contributed by atoms with Crippen molar-refractivity contribution in [3.63, 3.8) is 0 Å². The molecule has 0 atom stereocenters. The van der Waals surface area contributed by atoms with Crippen LogP contribution in [0.3, 0.4) is 0 Å². The Morgan fingerprint density at radius 1 is 1.15 bits per heavy atom. The standard InChI is InChI=1S/C21H16ClN3O2/c1-2-20(26)25-11-13-6-7-16(8-15(13)12-25)24-21(27)14-9-17-18(22)4-3-5-19(17)23-10-14/h2-10H,1,11-12H2,(H,24,27). The van der Waals surface area contributed by atoms with Crippen molar-refractivity contribution in [3.8, 4) is 0 Å². The van der Waals surface area contributed by atoms with Crippen LogP contribution in [0.5, 0.6) is 0 Å². The molecule has 0 bridgehead atoms. The fourth-order valence-corrected chi connectivity index (χ4v) is 3.42. The summed E-state index contributed by atoms with van der Waals surface area (Å²) >= 11 is 6.20. The zero-order valence-corrected chi connectivity index (χ0v) is 15.2. The second kappa shape index (κ2) is 6.85. The van der Waals surface area contributed by atoms with Gasteiger partial charge in [-0.15, -0.1) is 0 Å². The van der Waals surface area contributed by atoms with Gasteiger partial charge in [0.2, 0.25) is 5.91 Å². The van der Waals surface area contributed by atoms with Crippen LogP contribution in [0.1, 0.15) is 21.5 Å². The highest BCUT2D eigenvalue weighted by molar-refractivity contribution is 6.35. The topological polar surface area (TPSA) is 62.3 Å². The lowest BCUT2D eigenvalue weighted by atomic mass is 10.1. The maximum Gasteiger partial charge on any atom is 0.257 e. The van der Waals surface area contributed by atoms with Crippen molar-refractivity contribution in [2.75, 3.05) is 5.32 Å². The van der Waals surface area contributed by atoms with Gasteiger partial charge in [0.05, 0.1) is 11.1 Å². The number of hydrogen-bond donors (Lipinski definition) is 1. The Labute approximate surface area is 161 Å². The van der Waals surface area contributed by atoms with Crippen molar-refractivity contribution in [2.45, 2.75) is 13.1 Å². The molecule has 1 aliphatic rings. The number of benzene rings is 2. The minimum absolute atomic E-state index is 0.101. The zero-order chi connectivity index (χ0) is 19.0. The van der Waals surface area contributed by atoms with E-state index in [1.807, 2.05) is 30.3 Å². The first-order valence-corrected chi connectivity index (χ1v) is 8.82. The average molecular weight is 378 g/mol. The highest BCUT2D eigenvalue weighted by Gasteiger charge is 2.22. The Kier molecular flexibility index (Phi) is 4.38. The highest BCUT2D eigenvalue weighted by atomic mass is 35.5. The second-order valence-corrected chi connectivity index (χ2v) is 6.77. The van der Waals surface area contributed by atoms with Gasteiger partial charge in [-0.25, -0.2) is 0 Å². The number of halogens is 1. The molecule has 2 heterocycles. The van der Waals surface area contributed by atoms with Gasteiger partial charge in [0, 0.05) is 35.4 Å². The summed E-state index contributed by atoms with van der Waals surface area (Å²) in [5.41, 5.74) is 3.93. The number of nitrogens with zero attached hydrogens (tertiary/aromatic N) is 2. The van der Waals surface area contributed by atoms with E-state index in [0.29, 0.717) is 29.4 Å². The molecule has 0 spiro atoms. The fraction of sp³-hybridized carbons (Fsp3) is 0.0952. The number of pyridine rings is 1. The van der Waals surface area contributed by atoms with Crippen LogP contribution in [0, 0.1) is 0 Å². The van der Waals surface area contributed by atoms with Gasteiger partial charge in [-0.1, -0.05) is 30.3 Å². The van der Waals surface area contributed by atoms with Crippen molar-refractivity contribution in [3.05, 3.63) is 83.0 Å². The van der Waals surface area contributed by atoms with Crippen LogP contribution >= 0.6 is 11.6 Å². The molecular formula is C21H16ClN3O2. The minimum atomic E-state index is -0.263. The van der Waals surface area contributed by atoms with Crippen LogP contribution in [0.4, 0.5) is 5.69 Å². The van der Waals surface area contributed by atoms with Gasteiger partial charge in [-0.2, -0.15) is 0 Å². The van der Waals surface area contributed by atoms with Crippen molar-refractivity contribution in [1.29, 1.82) is 0 Å². The molecule has 2 amide bonds. The Bertz CT molecular complexity index is 1090. The SMILES string of the molecule is C=CC(=O)N1Cc2ccc(NC(=O)c3cnc4cccc(Cl)c4c3)cc2C1. The summed E-state index contributed by atoms with van der Waals surface area (Å²) < 4.78 is 0. The van der Waals surface area contributed by atoms with E-state index in [2.05, 4.69) is 16.9 Å². The molecule has 6 heteroatoms. The molecule has 2 aromatic carbocycles. The molecule has 0 saturated heterocycles. The number of hydrogen-bond acceptors (Lipinski definition) is 3. The smallest absolute Gasteiger partial charge is 0.257 e. The largest absolute Gasteiger partial charge is 0.331 e. The van der Waals surface area contributed by atoms with Gasteiger partial charge in [-0.05, 0) is 47.5 Å². The molecule has 134 valence electrons. The van der Waals surface area contributed by atoms with Crippen molar-refractivity contribution in [2.24, 2.45) is 0 Å². The van der Waals surface area contributed by atoms with E-state index in [4.69, 9.17) is 11.6 Å². The summed E-state index contributed by atoms with van der Waals surface area (Å²) in [6.07, 6.45) is 2.85. The number of aromatic nitrogens is 1. The first kappa shape index (κ1) is 17.2. The summed E-state index contributed by atoms with van der Waals surface area (Å²) in [6, 6.07) is 12.8. The Morgan fingerprint density at radius 2 is 1.96 bits per heavy atom. The van der Waals surface area contributed by atoms with E-state index in [9.17, 15) is 9.59 Å². The lowest BCUT2D eigenvalue weighted by Crippen LogP contribution is -2.22. The third-order valence-electron chi connectivity index (χ3n) is 4.61.